The number of carbonyl (C=O) groups is 1. The molecule has 0 unspecified atom stereocenters. The standard InChI is InChI=1S/C17H15N3O2/c1-13-6-2-4-8-15(13)17(21)20-19-12-14-7-3-5-9-16(14)22-11-10-18/h2-9,12H,11H2,1H3,(H,20,21)/b19-12+. The van der Waals surface area contributed by atoms with E-state index in [1.807, 2.05) is 31.2 Å². The number of rotatable bonds is 5. The van der Waals surface area contributed by atoms with Gasteiger partial charge in [-0.25, -0.2) is 5.43 Å². The second-order valence-corrected chi connectivity index (χ2v) is 4.50. The van der Waals surface area contributed by atoms with E-state index < -0.39 is 0 Å². The molecule has 0 aromatic heterocycles. The van der Waals surface area contributed by atoms with E-state index in [0.29, 0.717) is 16.9 Å². The maximum absolute atomic E-state index is 12.0. The SMILES string of the molecule is Cc1ccccc1C(=O)N/N=C/c1ccccc1OCC#N. The third-order valence-corrected chi connectivity index (χ3v) is 2.97. The maximum Gasteiger partial charge on any atom is 0.271 e. The molecular formula is C17H15N3O2. The highest BCUT2D eigenvalue weighted by Gasteiger charge is 2.06. The van der Waals surface area contributed by atoms with Crippen LogP contribution in [0.5, 0.6) is 5.75 Å². The number of nitrogens with one attached hydrogen (secondary N) is 1. The second-order valence-electron chi connectivity index (χ2n) is 4.50. The summed E-state index contributed by atoms with van der Waals surface area (Å²) < 4.78 is 5.28. The fourth-order valence-electron chi connectivity index (χ4n) is 1.88. The Labute approximate surface area is 128 Å². The van der Waals surface area contributed by atoms with Gasteiger partial charge >= 0.3 is 0 Å². The Balaban J connectivity index is 2.06. The van der Waals surface area contributed by atoms with Crippen molar-refractivity contribution in [2.24, 2.45) is 5.10 Å². The smallest absolute Gasteiger partial charge is 0.271 e. The molecule has 2 aromatic rings. The topological polar surface area (TPSA) is 74.5 Å². The zero-order valence-electron chi connectivity index (χ0n) is 12.1. The van der Waals surface area contributed by atoms with Gasteiger partial charge in [-0.05, 0) is 30.7 Å². The number of nitriles is 1. The molecule has 1 amide bonds. The lowest BCUT2D eigenvalue weighted by atomic mass is 10.1. The molecular weight excluding hydrogens is 278 g/mol. The monoisotopic (exact) mass is 293 g/mol. The normalized spacial score (nSPS) is 10.2. The molecule has 0 aliphatic rings. The van der Waals surface area contributed by atoms with Crippen LogP contribution >= 0.6 is 0 Å². The number of carbonyl (C=O) groups excluding carboxylic acids is 1. The quantitative estimate of drug-likeness (QED) is 0.680. The number of aryl methyl sites for hydroxylation is 1. The average Bonchev–Trinajstić information content (AvgIpc) is 2.54. The van der Waals surface area contributed by atoms with Crippen LogP contribution in [0.2, 0.25) is 0 Å². The van der Waals surface area contributed by atoms with E-state index in [1.54, 1.807) is 30.3 Å². The zero-order chi connectivity index (χ0) is 15.8. The molecule has 22 heavy (non-hydrogen) atoms. The molecule has 0 radical (unpaired) electrons. The molecule has 0 spiro atoms. The number of hydrogen-bond donors (Lipinski definition) is 1. The predicted octanol–water partition coefficient (Wildman–Crippen LogP) is 2.66. The Morgan fingerprint density at radius 3 is 2.77 bits per heavy atom. The van der Waals surface area contributed by atoms with Gasteiger partial charge in [-0.15, -0.1) is 0 Å². The lowest BCUT2D eigenvalue weighted by molar-refractivity contribution is 0.0954. The van der Waals surface area contributed by atoms with Crippen LogP contribution in [0.1, 0.15) is 21.5 Å². The van der Waals surface area contributed by atoms with Crippen molar-refractivity contribution in [1.82, 2.24) is 5.43 Å². The van der Waals surface area contributed by atoms with Crippen molar-refractivity contribution in [3.8, 4) is 11.8 Å². The van der Waals surface area contributed by atoms with E-state index in [9.17, 15) is 4.79 Å². The number of para-hydroxylation sites is 1. The number of amides is 1. The summed E-state index contributed by atoms with van der Waals surface area (Å²) in [6.45, 7) is 1.82. The Morgan fingerprint density at radius 2 is 2.00 bits per heavy atom. The van der Waals surface area contributed by atoms with Crippen LogP contribution in [0.4, 0.5) is 0 Å². The van der Waals surface area contributed by atoms with Crippen LogP contribution in [0, 0.1) is 18.3 Å². The second kappa shape index (κ2) is 7.60. The van der Waals surface area contributed by atoms with Gasteiger partial charge in [0.15, 0.2) is 6.61 Å². The summed E-state index contributed by atoms with van der Waals surface area (Å²) in [6.07, 6.45) is 1.49. The molecule has 5 heteroatoms. The van der Waals surface area contributed by atoms with Gasteiger partial charge in [0, 0.05) is 11.1 Å². The molecule has 0 saturated carbocycles. The highest BCUT2D eigenvalue weighted by Crippen LogP contribution is 2.15. The van der Waals surface area contributed by atoms with Crippen LogP contribution in [-0.2, 0) is 0 Å². The minimum Gasteiger partial charge on any atom is -0.478 e. The molecule has 2 aromatic carbocycles. The van der Waals surface area contributed by atoms with Gasteiger partial charge in [0.2, 0.25) is 0 Å². The number of nitrogens with zero attached hydrogens (tertiary/aromatic N) is 2. The van der Waals surface area contributed by atoms with Crippen LogP contribution in [0.25, 0.3) is 0 Å². The largest absolute Gasteiger partial charge is 0.478 e. The van der Waals surface area contributed by atoms with Crippen LogP contribution in [0.15, 0.2) is 53.6 Å². The van der Waals surface area contributed by atoms with Gasteiger partial charge < -0.3 is 4.74 Å². The van der Waals surface area contributed by atoms with E-state index >= 15 is 0 Å². The molecule has 0 heterocycles. The van der Waals surface area contributed by atoms with E-state index in [4.69, 9.17) is 10.00 Å². The number of benzene rings is 2. The summed E-state index contributed by atoms with van der Waals surface area (Å²) in [6, 6.07) is 16.3. The fourth-order valence-corrected chi connectivity index (χ4v) is 1.88. The molecule has 110 valence electrons. The van der Waals surface area contributed by atoms with Gasteiger partial charge in [0.25, 0.3) is 5.91 Å². The summed E-state index contributed by atoms with van der Waals surface area (Å²) in [5.41, 5.74) is 4.62. The zero-order valence-corrected chi connectivity index (χ0v) is 12.1. The van der Waals surface area contributed by atoms with Gasteiger partial charge in [0.05, 0.1) is 6.21 Å². The van der Waals surface area contributed by atoms with E-state index in [0.717, 1.165) is 5.56 Å². The van der Waals surface area contributed by atoms with Crippen LogP contribution in [0.3, 0.4) is 0 Å². The molecule has 0 aliphatic carbocycles. The van der Waals surface area contributed by atoms with Crippen molar-refractivity contribution in [3.05, 3.63) is 65.2 Å². The summed E-state index contributed by atoms with van der Waals surface area (Å²) in [5, 5.41) is 12.5. The molecule has 1 N–H and O–H groups in total. The molecule has 0 bridgehead atoms. The third kappa shape index (κ3) is 3.93. The number of hydrazone groups is 1. The molecule has 0 saturated heterocycles. The first-order chi connectivity index (χ1) is 10.7. The summed E-state index contributed by atoms with van der Waals surface area (Å²) >= 11 is 0. The highest BCUT2D eigenvalue weighted by molar-refractivity contribution is 5.96. The molecule has 0 atom stereocenters. The van der Waals surface area contributed by atoms with Crippen LogP contribution < -0.4 is 10.2 Å². The first kappa shape index (κ1) is 15.3. The van der Waals surface area contributed by atoms with Crippen molar-refractivity contribution in [3.63, 3.8) is 0 Å². The van der Waals surface area contributed by atoms with Gasteiger partial charge in [-0.2, -0.15) is 10.4 Å². The highest BCUT2D eigenvalue weighted by atomic mass is 16.5. The summed E-state index contributed by atoms with van der Waals surface area (Å²) in [7, 11) is 0. The molecule has 5 nitrogen and oxygen atoms in total. The van der Waals surface area contributed by atoms with Gasteiger partial charge in [0.1, 0.15) is 11.8 Å². The van der Waals surface area contributed by atoms with E-state index in [1.165, 1.54) is 6.21 Å². The van der Waals surface area contributed by atoms with Crippen molar-refractivity contribution >= 4 is 12.1 Å². The average molecular weight is 293 g/mol. The van der Waals surface area contributed by atoms with Crippen molar-refractivity contribution in [1.29, 1.82) is 5.26 Å². The molecule has 0 aliphatic heterocycles. The number of hydrogen-bond acceptors (Lipinski definition) is 4. The Kier molecular flexibility index (Phi) is 5.27. The lowest BCUT2D eigenvalue weighted by Crippen LogP contribution is -2.18. The number of ether oxygens (including phenoxy) is 1. The minimum atomic E-state index is -0.273. The summed E-state index contributed by atoms with van der Waals surface area (Å²) in [5.74, 6) is 0.266. The molecule has 2 rings (SSSR count). The summed E-state index contributed by atoms with van der Waals surface area (Å²) in [4.78, 5) is 12.0. The molecule has 0 fully saturated rings. The predicted molar refractivity (Wildman–Crippen MR) is 83.8 cm³/mol. The first-order valence-electron chi connectivity index (χ1n) is 6.70. The third-order valence-electron chi connectivity index (χ3n) is 2.97. The Bertz CT molecular complexity index is 733. The van der Waals surface area contributed by atoms with E-state index in [-0.39, 0.29) is 12.5 Å². The van der Waals surface area contributed by atoms with Gasteiger partial charge in [-0.1, -0.05) is 30.3 Å². The first-order valence-corrected chi connectivity index (χ1v) is 6.70. The van der Waals surface area contributed by atoms with Crippen LogP contribution in [-0.4, -0.2) is 18.7 Å². The van der Waals surface area contributed by atoms with Crippen molar-refractivity contribution < 1.29 is 9.53 Å². The maximum atomic E-state index is 12.0. The minimum absolute atomic E-state index is 0.0412. The van der Waals surface area contributed by atoms with Gasteiger partial charge in [-0.3, -0.25) is 4.79 Å². The Hall–Kier alpha value is -3.13. The fraction of sp³-hybridized carbons (Fsp3) is 0.118. The lowest BCUT2D eigenvalue weighted by Gasteiger charge is -2.05. The van der Waals surface area contributed by atoms with E-state index in [2.05, 4.69) is 10.5 Å². The van der Waals surface area contributed by atoms with Crippen molar-refractivity contribution in [2.75, 3.05) is 6.61 Å². The van der Waals surface area contributed by atoms with Crippen molar-refractivity contribution in [2.45, 2.75) is 6.92 Å². The Morgan fingerprint density at radius 1 is 1.27 bits per heavy atom.